The number of amides is 1. The summed E-state index contributed by atoms with van der Waals surface area (Å²) in [6.45, 7) is -0.288. The van der Waals surface area contributed by atoms with Gasteiger partial charge >= 0.3 is 5.97 Å². The van der Waals surface area contributed by atoms with Gasteiger partial charge in [-0.25, -0.2) is 9.78 Å². The molecule has 2 aromatic rings. The number of carbonyl (C=O) groups excluding carboxylic acids is 2. The van der Waals surface area contributed by atoms with Crippen LogP contribution in [0.15, 0.2) is 30.5 Å². The number of aromatic nitrogens is 2. The van der Waals surface area contributed by atoms with Gasteiger partial charge in [0.15, 0.2) is 12.3 Å². The first kappa shape index (κ1) is 14.4. The number of hydrogen-bond donors (Lipinski definition) is 1. The molecular weight excluding hydrogens is 282 g/mol. The first-order valence-electron chi connectivity index (χ1n) is 7.40. The molecular formula is C16H17N3O3. The van der Waals surface area contributed by atoms with E-state index in [9.17, 15) is 9.59 Å². The van der Waals surface area contributed by atoms with Crippen LogP contribution >= 0.6 is 0 Å². The highest BCUT2D eigenvalue weighted by Gasteiger charge is 2.18. The van der Waals surface area contributed by atoms with Gasteiger partial charge < -0.3 is 10.1 Å². The van der Waals surface area contributed by atoms with Crippen LogP contribution in [0.1, 0.15) is 36.2 Å². The summed E-state index contributed by atoms with van der Waals surface area (Å²) in [5.41, 5.74) is 1.43. The summed E-state index contributed by atoms with van der Waals surface area (Å²) in [5.74, 6) is -0.908. The topological polar surface area (TPSA) is 81.2 Å². The van der Waals surface area contributed by atoms with Gasteiger partial charge in [-0.1, -0.05) is 25.0 Å². The van der Waals surface area contributed by atoms with E-state index in [1.807, 2.05) is 18.2 Å². The van der Waals surface area contributed by atoms with Crippen LogP contribution in [0.2, 0.25) is 0 Å². The number of nitrogens with one attached hydrogen (secondary N) is 1. The summed E-state index contributed by atoms with van der Waals surface area (Å²) in [6.07, 6.45) is 5.63. The van der Waals surface area contributed by atoms with E-state index in [4.69, 9.17) is 4.74 Å². The number of nitrogens with zero attached hydrogens (tertiary/aromatic N) is 2. The van der Waals surface area contributed by atoms with Gasteiger partial charge in [0.25, 0.3) is 5.91 Å². The van der Waals surface area contributed by atoms with E-state index in [2.05, 4.69) is 15.3 Å². The van der Waals surface area contributed by atoms with Crippen molar-refractivity contribution in [3.05, 3.63) is 36.2 Å². The Hall–Kier alpha value is -2.50. The Kier molecular flexibility index (Phi) is 4.27. The minimum Gasteiger partial charge on any atom is -0.451 e. The molecule has 1 aromatic carbocycles. The third kappa shape index (κ3) is 3.39. The maximum absolute atomic E-state index is 11.9. The lowest BCUT2D eigenvalue weighted by atomic mass is 10.2. The molecule has 6 nitrogen and oxygen atoms in total. The van der Waals surface area contributed by atoms with Crippen LogP contribution in [-0.4, -0.2) is 34.5 Å². The van der Waals surface area contributed by atoms with E-state index in [-0.39, 0.29) is 24.2 Å². The molecule has 3 rings (SSSR count). The lowest BCUT2D eigenvalue weighted by Gasteiger charge is -2.11. The molecule has 1 N–H and O–H groups in total. The molecule has 114 valence electrons. The highest BCUT2D eigenvalue weighted by atomic mass is 16.5. The Labute approximate surface area is 127 Å². The molecule has 6 heteroatoms. The first-order valence-corrected chi connectivity index (χ1v) is 7.40. The Morgan fingerprint density at radius 1 is 1.18 bits per heavy atom. The van der Waals surface area contributed by atoms with Crippen LogP contribution in [0.25, 0.3) is 11.0 Å². The number of para-hydroxylation sites is 2. The van der Waals surface area contributed by atoms with Gasteiger partial charge in [0.1, 0.15) is 0 Å². The molecule has 1 aliphatic rings. The molecule has 22 heavy (non-hydrogen) atoms. The number of rotatable bonds is 4. The zero-order valence-corrected chi connectivity index (χ0v) is 12.1. The van der Waals surface area contributed by atoms with E-state index < -0.39 is 5.97 Å². The minimum atomic E-state index is -0.639. The molecule has 1 saturated carbocycles. The van der Waals surface area contributed by atoms with Crippen molar-refractivity contribution >= 4 is 22.9 Å². The summed E-state index contributed by atoms with van der Waals surface area (Å²) < 4.78 is 5.00. The van der Waals surface area contributed by atoms with Crippen molar-refractivity contribution in [1.29, 1.82) is 0 Å². The van der Waals surface area contributed by atoms with E-state index in [0.717, 1.165) is 25.7 Å². The molecule has 0 aliphatic heterocycles. The Bertz CT molecular complexity index is 696. The molecule has 1 fully saturated rings. The van der Waals surface area contributed by atoms with Crippen molar-refractivity contribution in [2.24, 2.45) is 0 Å². The second-order valence-electron chi connectivity index (χ2n) is 5.37. The summed E-state index contributed by atoms with van der Waals surface area (Å²) >= 11 is 0. The zero-order valence-electron chi connectivity index (χ0n) is 12.1. The number of benzene rings is 1. The highest BCUT2D eigenvalue weighted by Crippen LogP contribution is 2.17. The van der Waals surface area contributed by atoms with Gasteiger partial charge in [0, 0.05) is 6.04 Å². The van der Waals surface area contributed by atoms with Gasteiger partial charge in [-0.3, -0.25) is 9.78 Å². The summed E-state index contributed by atoms with van der Waals surface area (Å²) in [7, 11) is 0. The van der Waals surface area contributed by atoms with Gasteiger partial charge in [-0.05, 0) is 25.0 Å². The smallest absolute Gasteiger partial charge is 0.359 e. The fraction of sp³-hybridized carbons (Fsp3) is 0.375. The minimum absolute atomic E-state index is 0.104. The molecule has 0 radical (unpaired) electrons. The van der Waals surface area contributed by atoms with E-state index >= 15 is 0 Å². The maximum Gasteiger partial charge on any atom is 0.359 e. The molecule has 0 unspecified atom stereocenters. The average molecular weight is 299 g/mol. The predicted octanol–water partition coefficient (Wildman–Crippen LogP) is 1.85. The van der Waals surface area contributed by atoms with Crippen molar-refractivity contribution in [1.82, 2.24) is 15.3 Å². The monoisotopic (exact) mass is 299 g/mol. The number of hydrogen-bond acceptors (Lipinski definition) is 5. The fourth-order valence-corrected chi connectivity index (χ4v) is 2.60. The zero-order chi connectivity index (χ0) is 15.4. The second kappa shape index (κ2) is 6.51. The van der Waals surface area contributed by atoms with Crippen LogP contribution < -0.4 is 5.32 Å². The third-order valence-corrected chi connectivity index (χ3v) is 3.71. The molecule has 0 atom stereocenters. The fourth-order valence-electron chi connectivity index (χ4n) is 2.60. The predicted molar refractivity (Wildman–Crippen MR) is 80.2 cm³/mol. The van der Waals surface area contributed by atoms with E-state index in [0.29, 0.717) is 11.0 Å². The van der Waals surface area contributed by atoms with Crippen molar-refractivity contribution in [3.8, 4) is 0 Å². The van der Waals surface area contributed by atoms with Crippen molar-refractivity contribution in [2.45, 2.75) is 31.7 Å². The van der Waals surface area contributed by atoms with Crippen LogP contribution in [0.4, 0.5) is 0 Å². The Morgan fingerprint density at radius 2 is 1.91 bits per heavy atom. The van der Waals surface area contributed by atoms with Crippen molar-refractivity contribution in [2.75, 3.05) is 6.61 Å². The van der Waals surface area contributed by atoms with E-state index in [1.54, 1.807) is 6.07 Å². The number of carbonyl (C=O) groups is 2. The van der Waals surface area contributed by atoms with Crippen LogP contribution in [-0.2, 0) is 9.53 Å². The van der Waals surface area contributed by atoms with Crippen LogP contribution in [0.3, 0.4) is 0 Å². The third-order valence-electron chi connectivity index (χ3n) is 3.71. The molecule has 0 bridgehead atoms. The SMILES string of the molecule is O=C(COC(=O)c1cnc2ccccc2n1)NC1CCCC1. The van der Waals surface area contributed by atoms with Gasteiger partial charge in [-0.2, -0.15) is 0 Å². The summed E-state index contributed by atoms with van der Waals surface area (Å²) in [4.78, 5) is 32.0. The first-order chi connectivity index (χ1) is 10.7. The van der Waals surface area contributed by atoms with Gasteiger partial charge in [-0.15, -0.1) is 0 Å². The van der Waals surface area contributed by atoms with Crippen molar-refractivity contribution < 1.29 is 14.3 Å². The molecule has 1 heterocycles. The van der Waals surface area contributed by atoms with Crippen LogP contribution in [0, 0.1) is 0 Å². The van der Waals surface area contributed by atoms with Crippen LogP contribution in [0.5, 0.6) is 0 Å². The highest BCUT2D eigenvalue weighted by molar-refractivity contribution is 5.91. The van der Waals surface area contributed by atoms with Gasteiger partial charge in [0.2, 0.25) is 0 Å². The molecule has 1 amide bonds. The lowest BCUT2D eigenvalue weighted by molar-refractivity contribution is -0.124. The number of esters is 1. The Morgan fingerprint density at radius 3 is 2.68 bits per heavy atom. The normalized spacial score (nSPS) is 14.9. The number of ether oxygens (including phenoxy) is 1. The average Bonchev–Trinajstić information content (AvgIpc) is 3.05. The summed E-state index contributed by atoms with van der Waals surface area (Å²) in [6, 6.07) is 7.47. The summed E-state index contributed by atoms with van der Waals surface area (Å²) in [5, 5.41) is 2.86. The van der Waals surface area contributed by atoms with Gasteiger partial charge in [0.05, 0.1) is 17.2 Å². The standard InChI is InChI=1S/C16H17N3O3/c20-15(18-11-5-1-2-6-11)10-22-16(21)14-9-17-12-7-3-4-8-13(12)19-14/h3-4,7-9,11H,1-2,5-6,10H2,(H,18,20). The lowest BCUT2D eigenvalue weighted by Crippen LogP contribution is -2.36. The number of fused-ring (bicyclic) bond motifs is 1. The molecule has 0 spiro atoms. The maximum atomic E-state index is 11.9. The molecule has 1 aromatic heterocycles. The molecule has 0 saturated heterocycles. The second-order valence-corrected chi connectivity index (χ2v) is 5.37. The van der Waals surface area contributed by atoms with Crippen molar-refractivity contribution in [3.63, 3.8) is 0 Å². The quantitative estimate of drug-likeness (QED) is 0.871. The van der Waals surface area contributed by atoms with E-state index in [1.165, 1.54) is 6.20 Å². The Balaban J connectivity index is 1.57. The largest absolute Gasteiger partial charge is 0.451 e. The molecule has 1 aliphatic carbocycles.